The molecule has 6 heteroatoms. The quantitative estimate of drug-likeness (QED) is 0.905. The number of aliphatic carboxylic acids is 1. The van der Waals surface area contributed by atoms with Crippen LogP contribution in [0.15, 0.2) is 36.5 Å². The normalized spacial score (nSPS) is 20.3. The van der Waals surface area contributed by atoms with Crippen molar-refractivity contribution >= 4 is 23.2 Å². The first-order valence-electron chi connectivity index (χ1n) is 8.12. The summed E-state index contributed by atoms with van der Waals surface area (Å²) in [4.78, 5) is 30.9. The van der Waals surface area contributed by atoms with Crippen LogP contribution in [-0.4, -0.2) is 40.0 Å². The van der Waals surface area contributed by atoms with Crippen LogP contribution >= 0.6 is 11.3 Å². The molecule has 2 aromatic rings. The van der Waals surface area contributed by atoms with Crippen LogP contribution in [0.4, 0.5) is 0 Å². The van der Waals surface area contributed by atoms with Crippen molar-refractivity contribution in [3.63, 3.8) is 0 Å². The third-order valence-electron chi connectivity index (χ3n) is 4.38. The number of carboxylic acids is 1. The first kappa shape index (κ1) is 16.6. The van der Waals surface area contributed by atoms with Crippen molar-refractivity contribution in [3.8, 4) is 0 Å². The molecule has 1 N–H and O–H groups in total. The number of benzene rings is 1. The molecule has 2 atom stereocenters. The van der Waals surface area contributed by atoms with Crippen molar-refractivity contribution in [1.29, 1.82) is 0 Å². The van der Waals surface area contributed by atoms with Gasteiger partial charge in [-0.15, -0.1) is 11.3 Å². The fourth-order valence-electron chi connectivity index (χ4n) is 3.15. The van der Waals surface area contributed by atoms with Crippen LogP contribution in [0, 0.1) is 5.92 Å². The molecule has 0 saturated carbocycles. The van der Waals surface area contributed by atoms with Crippen molar-refractivity contribution in [2.24, 2.45) is 5.92 Å². The third kappa shape index (κ3) is 3.33. The zero-order chi connectivity index (χ0) is 17.1. The fraction of sp³-hybridized carbons (Fsp3) is 0.389. The molecule has 126 valence electrons. The molecular formula is C18H20N2O3S. The average Bonchev–Trinajstić information content (AvgIpc) is 3.22. The topological polar surface area (TPSA) is 70.5 Å². The number of carbonyl (C=O) groups excluding carboxylic acids is 1. The van der Waals surface area contributed by atoms with Gasteiger partial charge in [-0.25, -0.2) is 4.98 Å². The van der Waals surface area contributed by atoms with Gasteiger partial charge in [0.2, 0.25) is 0 Å². The Balaban J connectivity index is 1.79. The van der Waals surface area contributed by atoms with Gasteiger partial charge in [0.1, 0.15) is 4.88 Å². The number of carbonyl (C=O) groups is 2. The number of hydrogen-bond donors (Lipinski definition) is 1. The van der Waals surface area contributed by atoms with Gasteiger partial charge >= 0.3 is 5.97 Å². The second-order valence-electron chi connectivity index (χ2n) is 6.04. The summed E-state index contributed by atoms with van der Waals surface area (Å²) in [6.45, 7) is 2.75. The van der Waals surface area contributed by atoms with E-state index in [-0.39, 0.29) is 18.4 Å². The summed E-state index contributed by atoms with van der Waals surface area (Å²) in [6, 6.07) is 9.57. The van der Waals surface area contributed by atoms with Crippen LogP contribution in [0.5, 0.6) is 0 Å². The molecule has 1 aliphatic rings. The zero-order valence-corrected chi connectivity index (χ0v) is 14.3. The highest BCUT2D eigenvalue weighted by atomic mass is 32.1. The maximum absolute atomic E-state index is 12.7. The molecule has 0 spiro atoms. The lowest BCUT2D eigenvalue weighted by molar-refractivity contribution is -0.141. The van der Waals surface area contributed by atoms with Gasteiger partial charge in [0, 0.05) is 19.0 Å². The Hall–Kier alpha value is -2.21. The van der Waals surface area contributed by atoms with Crippen LogP contribution in [0.2, 0.25) is 0 Å². The summed E-state index contributed by atoms with van der Waals surface area (Å²) in [6.07, 6.45) is 3.47. The molecule has 3 rings (SSSR count). The minimum absolute atomic E-state index is 0.112. The first-order valence-corrected chi connectivity index (χ1v) is 8.93. The lowest BCUT2D eigenvalue weighted by Gasteiger charge is -2.15. The molecule has 1 aromatic carbocycles. The molecule has 1 amide bonds. The largest absolute Gasteiger partial charge is 0.481 e. The summed E-state index contributed by atoms with van der Waals surface area (Å²) < 4.78 is 0. The number of carboxylic acid groups (broad SMARTS) is 1. The van der Waals surface area contributed by atoms with Crippen LogP contribution in [0.1, 0.15) is 39.5 Å². The third-order valence-corrected chi connectivity index (χ3v) is 5.43. The van der Waals surface area contributed by atoms with Crippen LogP contribution < -0.4 is 0 Å². The number of thiazole rings is 1. The molecule has 1 aliphatic heterocycles. The molecule has 1 fully saturated rings. The number of hydrogen-bond acceptors (Lipinski definition) is 4. The van der Waals surface area contributed by atoms with Gasteiger partial charge in [0.15, 0.2) is 0 Å². The van der Waals surface area contributed by atoms with E-state index in [4.69, 9.17) is 0 Å². The smallest absolute Gasteiger partial charge is 0.308 e. The van der Waals surface area contributed by atoms with E-state index in [1.807, 2.05) is 30.3 Å². The number of likely N-dealkylation sites (tertiary alicyclic amines) is 1. The Bertz CT molecular complexity index is 729. The minimum atomic E-state index is -0.852. The first-order chi connectivity index (χ1) is 11.6. The summed E-state index contributed by atoms with van der Waals surface area (Å²) >= 11 is 1.41. The Labute approximate surface area is 145 Å². The number of aryl methyl sites for hydroxylation is 1. The molecule has 5 nitrogen and oxygen atoms in total. The monoisotopic (exact) mass is 344 g/mol. The lowest BCUT2D eigenvalue weighted by Crippen LogP contribution is -2.29. The second kappa shape index (κ2) is 7.13. The van der Waals surface area contributed by atoms with Crippen molar-refractivity contribution in [1.82, 2.24) is 9.88 Å². The van der Waals surface area contributed by atoms with E-state index in [1.54, 1.807) is 11.1 Å². The fourth-order valence-corrected chi connectivity index (χ4v) is 4.14. The van der Waals surface area contributed by atoms with Crippen LogP contribution in [0.25, 0.3) is 0 Å². The van der Waals surface area contributed by atoms with E-state index in [0.29, 0.717) is 11.4 Å². The number of nitrogens with zero attached hydrogens (tertiary/aromatic N) is 2. The number of aromatic nitrogens is 1. The van der Waals surface area contributed by atoms with Gasteiger partial charge in [0.25, 0.3) is 5.91 Å². The van der Waals surface area contributed by atoms with Crippen LogP contribution in [0.3, 0.4) is 0 Å². The molecular weight excluding hydrogens is 324 g/mol. The SMILES string of the molecule is CCCc1ncc(C(=O)N2C[C@H](C(=O)O)[C@H](c3ccccc3)C2)s1. The summed E-state index contributed by atoms with van der Waals surface area (Å²) in [5.74, 6) is -1.70. The van der Waals surface area contributed by atoms with E-state index in [0.717, 1.165) is 23.4 Å². The Morgan fingerprint density at radius 3 is 2.71 bits per heavy atom. The van der Waals surface area contributed by atoms with E-state index >= 15 is 0 Å². The summed E-state index contributed by atoms with van der Waals surface area (Å²) in [5.41, 5.74) is 0.969. The second-order valence-corrected chi connectivity index (χ2v) is 7.16. The maximum Gasteiger partial charge on any atom is 0.308 e. The summed E-state index contributed by atoms with van der Waals surface area (Å²) in [5, 5.41) is 10.5. The lowest BCUT2D eigenvalue weighted by atomic mass is 9.89. The predicted octanol–water partition coefficient (Wildman–Crippen LogP) is 3.04. The number of rotatable bonds is 5. The van der Waals surface area contributed by atoms with E-state index in [1.165, 1.54) is 11.3 Å². The number of amides is 1. The van der Waals surface area contributed by atoms with Gasteiger partial charge in [0.05, 0.1) is 17.1 Å². The Morgan fingerprint density at radius 1 is 1.29 bits per heavy atom. The maximum atomic E-state index is 12.7. The molecule has 0 radical (unpaired) electrons. The van der Waals surface area contributed by atoms with Crippen LogP contribution in [-0.2, 0) is 11.2 Å². The Morgan fingerprint density at radius 2 is 2.04 bits per heavy atom. The standard InChI is InChI=1S/C18H20N2O3S/c1-2-6-16-19-9-15(24-16)17(21)20-10-13(14(11-20)18(22)23)12-7-4-3-5-8-12/h3-5,7-9,13-14H,2,6,10-11H2,1H3,(H,22,23)/t13-,14-/m0/s1. The van der Waals surface area contributed by atoms with Crippen molar-refractivity contribution in [3.05, 3.63) is 52.0 Å². The molecule has 24 heavy (non-hydrogen) atoms. The predicted molar refractivity (Wildman–Crippen MR) is 92.3 cm³/mol. The molecule has 0 aliphatic carbocycles. The highest BCUT2D eigenvalue weighted by Gasteiger charge is 2.40. The highest BCUT2D eigenvalue weighted by Crippen LogP contribution is 2.34. The van der Waals surface area contributed by atoms with E-state index in [9.17, 15) is 14.7 Å². The van der Waals surface area contributed by atoms with Crippen molar-refractivity contribution in [2.45, 2.75) is 25.7 Å². The van der Waals surface area contributed by atoms with Crippen molar-refractivity contribution < 1.29 is 14.7 Å². The van der Waals surface area contributed by atoms with Gasteiger partial charge < -0.3 is 10.0 Å². The van der Waals surface area contributed by atoms with E-state index < -0.39 is 11.9 Å². The van der Waals surface area contributed by atoms with E-state index in [2.05, 4.69) is 11.9 Å². The molecule has 0 bridgehead atoms. The highest BCUT2D eigenvalue weighted by molar-refractivity contribution is 7.13. The van der Waals surface area contributed by atoms with Gasteiger partial charge in [-0.05, 0) is 18.4 Å². The molecule has 1 aromatic heterocycles. The van der Waals surface area contributed by atoms with Gasteiger partial charge in [-0.1, -0.05) is 37.3 Å². The van der Waals surface area contributed by atoms with Crippen molar-refractivity contribution in [2.75, 3.05) is 13.1 Å². The molecule has 1 saturated heterocycles. The minimum Gasteiger partial charge on any atom is -0.481 e. The Kier molecular flexibility index (Phi) is 4.94. The summed E-state index contributed by atoms with van der Waals surface area (Å²) in [7, 11) is 0. The zero-order valence-electron chi connectivity index (χ0n) is 13.5. The van der Waals surface area contributed by atoms with Gasteiger partial charge in [-0.3, -0.25) is 9.59 Å². The van der Waals surface area contributed by atoms with Gasteiger partial charge in [-0.2, -0.15) is 0 Å². The average molecular weight is 344 g/mol. The molecule has 0 unspecified atom stereocenters. The molecule has 2 heterocycles.